The van der Waals surface area contributed by atoms with Gasteiger partial charge >= 0.3 is 0 Å². The summed E-state index contributed by atoms with van der Waals surface area (Å²) in [5.74, 6) is 1.74. The molecule has 3 aromatic carbocycles. The van der Waals surface area contributed by atoms with Gasteiger partial charge in [0, 0.05) is 6.42 Å². The molecule has 138 valence electrons. The van der Waals surface area contributed by atoms with Crippen LogP contribution in [0.5, 0.6) is 11.5 Å². The Labute approximate surface area is 160 Å². The fourth-order valence-electron chi connectivity index (χ4n) is 2.80. The summed E-state index contributed by atoms with van der Waals surface area (Å²) in [6.07, 6.45) is 4.38. The second-order valence-electron chi connectivity index (χ2n) is 6.20. The zero-order valence-corrected chi connectivity index (χ0v) is 15.7. The molecule has 0 saturated heterocycles. The first-order valence-electron chi connectivity index (χ1n) is 8.90. The molecule has 0 aliphatic carbocycles. The maximum Gasteiger partial charge on any atom is 0.123 e. The highest BCUT2D eigenvalue weighted by atomic mass is 16.5. The molecule has 0 heterocycles. The number of rotatable bonds is 8. The van der Waals surface area contributed by atoms with Gasteiger partial charge in [0.1, 0.15) is 18.1 Å². The van der Waals surface area contributed by atoms with Crippen molar-refractivity contribution in [3.8, 4) is 11.5 Å². The number of methoxy groups -OCH3 is 2. The second-order valence-corrected chi connectivity index (χ2v) is 6.20. The monoisotopic (exact) mass is 360 g/mol. The van der Waals surface area contributed by atoms with Crippen LogP contribution in [0.1, 0.15) is 22.3 Å². The van der Waals surface area contributed by atoms with Crippen LogP contribution in [0.2, 0.25) is 0 Å². The Kier molecular flexibility index (Phi) is 6.53. The largest absolute Gasteiger partial charge is 0.504 e. The summed E-state index contributed by atoms with van der Waals surface area (Å²) in [4.78, 5) is 0. The van der Waals surface area contributed by atoms with E-state index >= 15 is 0 Å². The minimum atomic E-state index is 0.536. The SMILES string of the molecule is COC=Cc1ccc(Cc2ccc(OC)cc2)c(OCc2ccccc2)c1. The third-order valence-electron chi connectivity index (χ3n) is 4.28. The van der Waals surface area contributed by atoms with E-state index in [0.717, 1.165) is 34.6 Å². The first-order valence-corrected chi connectivity index (χ1v) is 8.90. The Hall–Kier alpha value is -3.20. The predicted molar refractivity (Wildman–Crippen MR) is 109 cm³/mol. The van der Waals surface area contributed by atoms with Crippen LogP contribution in [-0.4, -0.2) is 14.2 Å². The van der Waals surface area contributed by atoms with Crippen molar-refractivity contribution in [1.82, 2.24) is 0 Å². The van der Waals surface area contributed by atoms with E-state index in [0.29, 0.717) is 6.61 Å². The zero-order valence-electron chi connectivity index (χ0n) is 15.7. The molecular formula is C24H24O3. The fraction of sp³-hybridized carbons (Fsp3) is 0.167. The van der Waals surface area contributed by atoms with Gasteiger partial charge in [-0.1, -0.05) is 54.6 Å². The van der Waals surface area contributed by atoms with Crippen molar-refractivity contribution in [2.75, 3.05) is 14.2 Å². The van der Waals surface area contributed by atoms with Gasteiger partial charge in [0.25, 0.3) is 0 Å². The maximum atomic E-state index is 6.16. The molecule has 3 aromatic rings. The molecule has 0 N–H and O–H groups in total. The van der Waals surface area contributed by atoms with Gasteiger partial charge in [0.15, 0.2) is 0 Å². The molecule has 0 saturated carbocycles. The highest BCUT2D eigenvalue weighted by Crippen LogP contribution is 2.26. The van der Waals surface area contributed by atoms with E-state index in [2.05, 4.69) is 42.5 Å². The van der Waals surface area contributed by atoms with Crippen LogP contribution < -0.4 is 9.47 Å². The molecule has 0 aliphatic heterocycles. The van der Waals surface area contributed by atoms with E-state index < -0.39 is 0 Å². The van der Waals surface area contributed by atoms with E-state index in [1.165, 1.54) is 5.56 Å². The highest BCUT2D eigenvalue weighted by molar-refractivity contribution is 5.54. The first-order chi connectivity index (χ1) is 13.3. The van der Waals surface area contributed by atoms with Crippen molar-refractivity contribution >= 4 is 6.08 Å². The van der Waals surface area contributed by atoms with Crippen LogP contribution in [0.4, 0.5) is 0 Å². The molecular weight excluding hydrogens is 336 g/mol. The summed E-state index contributed by atoms with van der Waals surface area (Å²) in [5.41, 5.74) is 4.54. The number of benzene rings is 3. The summed E-state index contributed by atoms with van der Waals surface area (Å²) >= 11 is 0. The van der Waals surface area contributed by atoms with Gasteiger partial charge in [-0.25, -0.2) is 0 Å². The average molecular weight is 360 g/mol. The standard InChI is InChI=1S/C24H24O3/c1-25-15-14-20-8-11-22(16-19-9-12-23(26-2)13-10-19)24(17-20)27-18-21-6-4-3-5-7-21/h3-15,17H,16,18H2,1-2H3. The minimum absolute atomic E-state index is 0.536. The maximum absolute atomic E-state index is 6.16. The predicted octanol–water partition coefficient (Wildman–Crippen LogP) is 5.48. The van der Waals surface area contributed by atoms with Crippen LogP contribution in [0.3, 0.4) is 0 Å². The molecule has 0 radical (unpaired) electrons. The van der Waals surface area contributed by atoms with Gasteiger partial charge in [-0.05, 0) is 46.5 Å². The number of ether oxygens (including phenoxy) is 3. The van der Waals surface area contributed by atoms with Gasteiger partial charge in [0.05, 0.1) is 20.5 Å². The van der Waals surface area contributed by atoms with Crippen LogP contribution in [0, 0.1) is 0 Å². The molecule has 0 fully saturated rings. The Morgan fingerprint density at radius 1 is 0.815 bits per heavy atom. The van der Waals surface area contributed by atoms with Crippen LogP contribution in [0.25, 0.3) is 6.08 Å². The average Bonchev–Trinajstić information content (AvgIpc) is 2.73. The molecule has 3 rings (SSSR count). The number of hydrogen-bond donors (Lipinski definition) is 0. The van der Waals surface area contributed by atoms with E-state index in [1.807, 2.05) is 36.4 Å². The lowest BCUT2D eigenvalue weighted by Gasteiger charge is -2.13. The summed E-state index contributed by atoms with van der Waals surface area (Å²) in [6, 6.07) is 24.6. The van der Waals surface area contributed by atoms with Gasteiger partial charge in [0.2, 0.25) is 0 Å². The van der Waals surface area contributed by atoms with E-state index in [1.54, 1.807) is 20.5 Å². The summed E-state index contributed by atoms with van der Waals surface area (Å²) < 4.78 is 16.4. The molecule has 0 amide bonds. The molecule has 0 unspecified atom stereocenters. The third kappa shape index (κ3) is 5.38. The Balaban J connectivity index is 1.82. The highest BCUT2D eigenvalue weighted by Gasteiger charge is 2.07. The summed E-state index contributed by atoms with van der Waals surface area (Å²) in [5, 5.41) is 0. The van der Waals surface area contributed by atoms with E-state index in [9.17, 15) is 0 Å². The minimum Gasteiger partial charge on any atom is -0.504 e. The molecule has 0 spiro atoms. The van der Waals surface area contributed by atoms with Gasteiger partial charge in [-0.3, -0.25) is 0 Å². The molecule has 0 aliphatic rings. The topological polar surface area (TPSA) is 27.7 Å². The van der Waals surface area contributed by atoms with E-state index in [4.69, 9.17) is 14.2 Å². The molecule has 0 atom stereocenters. The van der Waals surface area contributed by atoms with Crippen molar-refractivity contribution in [2.24, 2.45) is 0 Å². The fourth-order valence-corrected chi connectivity index (χ4v) is 2.80. The van der Waals surface area contributed by atoms with Crippen LogP contribution in [0.15, 0.2) is 79.1 Å². The van der Waals surface area contributed by atoms with Crippen molar-refractivity contribution in [3.05, 3.63) is 101 Å². The van der Waals surface area contributed by atoms with E-state index in [-0.39, 0.29) is 0 Å². The third-order valence-corrected chi connectivity index (χ3v) is 4.28. The van der Waals surface area contributed by atoms with Crippen molar-refractivity contribution in [3.63, 3.8) is 0 Å². The van der Waals surface area contributed by atoms with Crippen LogP contribution >= 0.6 is 0 Å². The first kappa shape index (κ1) is 18.6. The van der Waals surface area contributed by atoms with Gasteiger partial charge in [-0.15, -0.1) is 0 Å². The smallest absolute Gasteiger partial charge is 0.123 e. The van der Waals surface area contributed by atoms with Gasteiger partial charge in [-0.2, -0.15) is 0 Å². The number of hydrogen-bond acceptors (Lipinski definition) is 3. The summed E-state index contributed by atoms with van der Waals surface area (Å²) in [7, 11) is 3.32. The Bertz CT molecular complexity index is 868. The second kappa shape index (κ2) is 9.48. The van der Waals surface area contributed by atoms with Crippen molar-refractivity contribution < 1.29 is 14.2 Å². The molecule has 3 heteroatoms. The molecule has 0 aromatic heterocycles. The molecule has 0 bridgehead atoms. The Morgan fingerprint density at radius 2 is 1.59 bits per heavy atom. The quantitative estimate of drug-likeness (QED) is 0.498. The zero-order chi connectivity index (χ0) is 18.9. The molecule has 3 nitrogen and oxygen atoms in total. The summed E-state index contributed by atoms with van der Waals surface area (Å²) in [6.45, 7) is 0.536. The normalized spacial score (nSPS) is 10.7. The van der Waals surface area contributed by atoms with Crippen LogP contribution in [-0.2, 0) is 17.8 Å². The lowest BCUT2D eigenvalue weighted by molar-refractivity contribution is 0.303. The lowest BCUT2D eigenvalue weighted by atomic mass is 10.0. The van der Waals surface area contributed by atoms with Gasteiger partial charge < -0.3 is 14.2 Å². The van der Waals surface area contributed by atoms with Crippen molar-refractivity contribution in [2.45, 2.75) is 13.0 Å². The lowest BCUT2D eigenvalue weighted by Crippen LogP contribution is -2.00. The Morgan fingerprint density at radius 3 is 2.30 bits per heavy atom. The van der Waals surface area contributed by atoms with Crippen molar-refractivity contribution in [1.29, 1.82) is 0 Å². The molecule has 27 heavy (non-hydrogen) atoms.